The molecule has 0 spiro atoms. The van der Waals surface area contributed by atoms with Gasteiger partial charge in [-0.05, 0) is 61.3 Å². The van der Waals surface area contributed by atoms with Crippen LogP contribution in [0.5, 0.6) is 0 Å². The molecule has 0 radical (unpaired) electrons. The number of halogens is 4. The van der Waals surface area contributed by atoms with Crippen LogP contribution in [0.25, 0.3) is 0 Å². The lowest BCUT2D eigenvalue weighted by molar-refractivity contribution is -0.140. The van der Waals surface area contributed by atoms with Gasteiger partial charge in [0.05, 0.1) is 5.56 Å². The number of hydrogen-bond donors (Lipinski definition) is 1. The van der Waals surface area contributed by atoms with Crippen molar-refractivity contribution in [1.82, 2.24) is 5.32 Å². The van der Waals surface area contributed by atoms with E-state index in [4.69, 9.17) is 0 Å². The van der Waals surface area contributed by atoms with Crippen molar-refractivity contribution in [3.05, 3.63) is 35.1 Å². The highest BCUT2D eigenvalue weighted by Gasteiger charge is 2.39. The fourth-order valence-electron chi connectivity index (χ4n) is 3.93. The molecule has 2 aliphatic carbocycles. The molecule has 3 unspecified atom stereocenters. The maximum absolute atomic E-state index is 13.2. The zero-order valence-corrected chi connectivity index (χ0v) is 11.7. The summed E-state index contributed by atoms with van der Waals surface area (Å²) in [4.78, 5) is 0. The van der Waals surface area contributed by atoms with Gasteiger partial charge in [-0.15, -0.1) is 0 Å². The lowest BCUT2D eigenvalue weighted by atomic mass is 9.89. The summed E-state index contributed by atoms with van der Waals surface area (Å²) in [7, 11) is 0. The molecule has 2 fully saturated rings. The minimum Gasteiger partial charge on any atom is -0.312 e. The van der Waals surface area contributed by atoms with Crippen LogP contribution in [0.1, 0.15) is 36.8 Å². The highest BCUT2D eigenvalue weighted by atomic mass is 19.4. The summed E-state index contributed by atoms with van der Waals surface area (Å²) >= 11 is 0. The molecule has 1 aromatic rings. The average molecular weight is 301 g/mol. The Balaban J connectivity index is 1.56. The number of benzene rings is 1. The van der Waals surface area contributed by atoms with Crippen LogP contribution in [0.3, 0.4) is 0 Å². The van der Waals surface area contributed by atoms with Crippen molar-refractivity contribution in [2.45, 2.75) is 38.4 Å². The first-order valence-corrected chi connectivity index (χ1v) is 7.50. The van der Waals surface area contributed by atoms with Crippen molar-refractivity contribution in [1.29, 1.82) is 0 Å². The summed E-state index contributed by atoms with van der Waals surface area (Å²) in [5.41, 5.74) is -0.700. The third-order valence-electron chi connectivity index (χ3n) is 4.96. The number of alkyl halides is 3. The molecule has 5 heteroatoms. The van der Waals surface area contributed by atoms with E-state index in [9.17, 15) is 17.6 Å². The number of fused-ring (bicyclic) bond motifs is 2. The Morgan fingerprint density at radius 2 is 1.95 bits per heavy atom. The van der Waals surface area contributed by atoms with E-state index in [-0.39, 0.29) is 0 Å². The molecule has 1 aromatic carbocycles. The van der Waals surface area contributed by atoms with E-state index in [2.05, 4.69) is 5.32 Å². The second-order valence-electron chi connectivity index (χ2n) is 6.38. The van der Waals surface area contributed by atoms with Crippen molar-refractivity contribution < 1.29 is 17.6 Å². The molecular weight excluding hydrogens is 282 g/mol. The number of nitrogens with one attached hydrogen (secondary N) is 1. The Bertz CT molecular complexity index is 511. The SMILES string of the molecule is Fc1ccc(CNCC2CC3CCC2C3)cc1C(F)(F)F. The van der Waals surface area contributed by atoms with Crippen molar-refractivity contribution >= 4 is 0 Å². The molecule has 0 heterocycles. The van der Waals surface area contributed by atoms with Gasteiger partial charge >= 0.3 is 6.18 Å². The molecule has 0 saturated heterocycles. The predicted molar refractivity (Wildman–Crippen MR) is 72.0 cm³/mol. The third kappa shape index (κ3) is 3.23. The molecule has 2 saturated carbocycles. The van der Waals surface area contributed by atoms with Crippen LogP contribution in [-0.2, 0) is 12.7 Å². The monoisotopic (exact) mass is 301 g/mol. The molecule has 0 amide bonds. The second-order valence-corrected chi connectivity index (χ2v) is 6.38. The Morgan fingerprint density at radius 1 is 1.14 bits per heavy atom. The molecule has 3 rings (SSSR count). The minimum atomic E-state index is -4.63. The number of hydrogen-bond acceptors (Lipinski definition) is 1. The van der Waals surface area contributed by atoms with E-state index in [1.165, 1.54) is 31.7 Å². The highest BCUT2D eigenvalue weighted by Crippen LogP contribution is 2.47. The Hall–Kier alpha value is -1.10. The molecule has 1 nitrogen and oxygen atoms in total. The molecule has 0 aliphatic heterocycles. The highest BCUT2D eigenvalue weighted by molar-refractivity contribution is 5.27. The smallest absolute Gasteiger partial charge is 0.312 e. The Labute approximate surface area is 121 Å². The fraction of sp³-hybridized carbons (Fsp3) is 0.625. The van der Waals surface area contributed by atoms with E-state index >= 15 is 0 Å². The molecule has 1 N–H and O–H groups in total. The first-order valence-electron chi connectivity index (χ1n) is 7.50. The largest absolute Gasteiger partial charge is 0.419 e. The van der Waals surface area contributed by atoms with Crippen LogP contribution < -0.4 is 5.32 Å². The maximum Gasteiger partial charge on any atom is 0.419 e. The summed E-state index contributed by atoms with van der Waals surface area (Å²) < 4.78 is 51.1. The fourth-order valence-corrected chi connectivity index (χ4v) is 3.93. The standard InChI is InChI=1S/C16H19F4N/c17-15-4-2-11(7-14(15)16(18,19)20)8-21-9-13-6-10-1-3-12(13)5-10/h2,4,7,10,12-13,21H,1,3,5-6,8-9H2. The van der Waals surface area contributed by atoms with Gasteiger partial charge in [-0.3, -0.25) is 0 Å². The average Bonchev–Trinajstić information content (AvgIpc) is 3.02. The van der Waals surface area contributed by atoms with Gasteiger partial charge in [0.15, 0.2) is 0 Å². The van der Waals surface area contributed by atoms with Crippen molar-refractivity contribution in [3.63, 3.8) is 0 Å². The topological polar surface area (TPSA) is 12.0 Å². The van der Waals surface area contributed by atoms with E-state index in [0.717, 1.165) is 30.5 Å². The summed E-state index contributed by atoms with van der Waals surface area (Å²) in [6.45, 7) is 1.21. The first-order chi connectivity index (χ1) is 9.93. The molecule has 21 heavy (non-hydrogen) atoms. The van der Waals surface area contributed by atoms with Gasteiger partial charge in [0.2, 0.25) is 0 Å². The van der Waals surface area contributed by atoms with Gasteiger partial charge in [0.1, 0.15) is 5.82 Å². The molecule has 116 valence electrons. The molecule has 2 bridgehead atoms. The van der Waals surface area contributed by atoms with E-state index < -0.39 is 17.6 Å². The Kier molecular flexibility index (Phi) is 3.95. The zero-order chi connectivity index (χ0) is 15.0. The van der Waals surface area contributed by atoms with Crippen molar-refractivity contribution in [3.8, 4) is 0 Å². The molecular formula is C16H19F4N. The molecule has 2 aliphatic rings. The second kappa shape index (κ2) is 5.59. The maximum atomic E-state index is 13.2. The lowest BCUT2D eigenvalue weighted by Gasteiger charge is -2.22. The summed E-state index contributed by atoms with van der Waals surface area (Å²) in [6, 6.07) is 3.22. The van der Waals surface area contributed by atoms with Crippen LogP contribution in [0.4, 0.5) is 17.6 Å². The van der Waals surface area contributed by atoms with Gasteiger partial charge in [-0.25, -0.2) is 4.39 Å². The van der Waals surface area contributed by atoms with Gasteiger partial charge in [0.25, 0.3) is 0 Å². The van der Waals surface area contributed by atoms with Gasteiger partial charge < -0.3 is 5.32 Å². The van der Waals surface area contributed by atoms with E-state index in [0.29, 0.717) is 18.0 Å². The first kappa shape index (κ1) is 14.8. The predicted octanol–water partition coefficient (Wildman–Crippen LogP) is 4.37. The van der Waals surface area contributed by atoms with E-state index in [1.807, 2.05) is 0 Å². The number of rotatable bonds is 4. The van der Waals surface area contributed by atoms with Gasteiger partial charge in [0, 0.05) is 6.54 Å². The zero-order valence-electron chi connectivity index (χ0n) is 11.7. The van der Waals surface area contributed by atoms with Crippen LogP contribution in [0, 0.1) is 23.6 Å². The minimum absolute atomic E-state index is 0.358. The quantitative estimate of drug-likeness (QED) is 0.814. The van der Waals surface area contributed by atoms with Crippen molar-refractivity contribution in [2.75, 3.05) is 6.54 Å². The summed E-state index contributed by atoms with van der Waals surface area (Å²) in [5.74, 6) is 1.11. The van der Waals surface area contributed by atoms with Crippen LogP contribution in [0.15, 0.2) is 18.2 Å². The normalized spacial score (nSPS) is 28.3. The molecule has 0 aromatic heterocycles. The summed E-state index contributed by atoms with van der Waals surface area (Å²) in [5, 5.41) is 3.24. The van der Waals surface area contributed by atoms with Crippen molar-refractivity contribution in [2.24, 2.45) is 17.8 Å². The van der Waals surface area contributed by atoms with E-state index in [1.54, 1.807) is 0 Å². The van der Waals surface area contributed by atoms with Gasteiger partial charge in [-0.2, -0.15) is 13.2 Å². The van der Waals surface area contributed by atoms with Crippen LogP contribution >= 0.6 is 0 Å². The Morgan fingerprint density at radius 3 is 2.57 bits per heavy atom. The van der Waals surface area contributed by atoms with Gasteiger partial charge in [-0.1, -0.05) is 12.5 Å². The molecule has 3 atom stereocenters. The summed E-state index contributed by atoms with van der Waals surface area (Å²) in [6.07, 6.45) is 0.570. The lowest BCUT2D eigenvalue weighted by Crippen LogP contribution is -2.26. The third-order valence-corrected chi connectivity index (χ3v) is 4.96. The van der Waals surface area contributed by atoms with Crippen LogP contribution in [0.2, 0.25) is 0 Å². The van der Waals surface area contributed by atoms with Crippen LogP contribution in [-0.4, -0.2) is 6.54 Å².